The fourth-order valence-corrected chi connectivity index (χ4v) is 6.08. The summed E-state index contributed by atoms with van der Waals surface area (Å²) < 4.78 is 0. The zero-order valence-corrected chi connectivity index (χ0v) is 19.0. The molecular weight excluding hydrogens is 406 g/mol. The number of hydrogen-bond acceptors (Lipinski definition) is 5. The number of nitrogens with zero attached hydrogens (tertiary/aromatic N) is 4. The lowest BCUT2D eigenvalue weighted by atomic mass is 9.99. The highest BCUT2D eigenvalue weighted by molar-refractivity contribution is 5.92. The summed E-state index contributed by atoms with van der Waals surface area (Å²) >= 11 is 0. The predicted molar refractivity (Wildman–Crippen MR) is 120 cm³/mol. The van der Waals surface area contributed by atoms with E-state index in [-0.39, 0.29) is 35.8 Å². The molecule has 0 aromatic heterocycles. The molecular formula is C24H33N5O3. The van der Waals surface area contributed by atoms with Gasteiger partial charge in [0.15, 0.2) is 0 Å². The predicted octanol–water partition coefficient (Wildman–Crippen LogP) is 0.830. The molecule has 2 fully saturated rings. The molecule has 32 heavy (non-hydrogen) atoms. The van der Waals surface area contributed by atoms with Crippen LogP contribution >= 0.6 is 0 Å². The van der Waals surface area contributed by atoms with E-state index in [0.29, 0.717) is 6.04 Å². The molecule has 1 N–H and O–H groups in total. The Balaban J connectivity index is 1.16. The first-order valence-corrected chi connectivity index (χ1v) is 12.0. The second-order valence-electron chi connectivity index (χ2n) is 9.62. The molecule has 0 aromatic rings. The van der Waals surface area contributed by atoms with Crippen LogP contribution in [0.1, 0.15) is 39.5 Å². The molecule has 5 aliphatic heterocycles. The van der Waals surface area contributed by atoms with E-state index in [4.69, 9.17) is 0 Å². The molecule has 5 heterocycles. The Morgan fingerprint density at radius 1 is 0.812 bits per heavy atom. The van der Waals surface area contributed by atoms with Gasteiger partial charge in [-0.15, -0.1) is 0 Å². The van der Waals surface area contributed by atoms with E-state index in [1.807, 2.05) is 24.0 Å². The molecule has 0 aliphatic carbocycles. The van der Waals surface area contributed by atoms with E-state index < -0.39 is 0 Å². The van der Waals surface area contributed by atoms with Crippen molar-refractivity contribution in [2.24, 2.45) is 0 Å². The van der Waals surface area contributed by atoms with Crippen molar-refractivity contribution >= 4 is 17.7 Å². The van der Waals surface area contributed by atoms with Crippen molar-refractivity contribution in [2.45, 2.75) is 63.7 Å². The van der Waals surface area contributed by atoms with Gasteiger partial charge in [0.25, 0.3) is 0 Å². The quantitative estimate of drug-likeness (QED) is 0.702. The van der Waals surface area contributed by atoms with Crippen molar-refractivity contribution in [1.29, 1.82) is 0 Å². The van der Waals surface area contributed by atoms with Crippen molar-refractivity contribution in [3.05, 3.63) is 35.7 Å². The van der Waals surface area contributed by atoms with Crippen LogP contribution < -0.4 is 5.32 Å². The second-order valence-corrected chi connectivity index (χ2v) is 9.62. The van der Waals surface area contributed by atoms with Crippen molar-refractivity contribution in [3.63, 3.8) is 0 Å². The summed E-state index contributed by atoms with van der Waals surface area (Å²) in [4.78, 5) is 45.3. The normalized spacial score (nSPS) is 29.9. The Hall–Kier alpha value is -2.77. The third-order valence-electron chi connectivity index (χ3n) is 7.79. The monoisotopic (exact) mass is 439 g/mol. The standard InChI is InChI=1S/C24H33N5O3/c1-16-20(14-22(30)25-16)26-12-7-19(8-13-26)29-17(2)21(15-24(29)32)27-10-5-18(6-11-27)28-9-3-4-23(28)31/h3-4,14-19H,5-13H2,1-2H3,(H,25,30)/t16-,17-/m0/s1. The molecule has 2 atom stereocenters. The highest BCUT2D eigenvalue weighted by Gasteiger charge is 2.40. The highest BCUT2D eigenvalue weighted by atomic mass is 16.2. The Morgan fingerprint density at radius 2 is 1.44 bits per heavy atom. The first kappa shape index (κ1) is 21.1. The van der Waals surface area contributed by atoms with Crippen LogP contribution in [0.25, 0.3) is 0 Å². The Morgan fingerprint density at radius 3 is 2.00 bits per heavy atom. The van der Waals surface area contributed by atoms with E-state index in [0.717, 1.165) is 69.8 Å². The van der Waals surface area contributed by atoms with Crippen LogP contribution in [0.5, 0.6) is 0 Å². The van der Waals surface area contributed by atoms with Gasteiger partial charge in [-0.25, -0.2) is 0 Å². The summed E-state index contributed by atoms with van der Waals surface area (Å²) in [5.41, 5.74) is 2.20. The molecule has 0 bridgehead atoms. The Bertz CT molecular complexity index is 893. The SMILES string of the molecule is C[C@@H]1NC(=O)C=C1N1CCC(N2C(=O)C=C(N3CCC(N4CC=CC4=O)CC3)[C@@H]2C)CC1. The minimum atomic E-state index is -0.0130. The van der Waals surface area contributed by atoms with E-state index in [9.17, 15) is 14.4 Å². The zero-order chi connectivity index (χ0) is 22.4. The maximum atomic E-state index is 13.0. The molecule has 0 radical (unpaired) electrons. The van der Waals surface area contributed by atoms with Crippen molar-refractivity contribution in [3.8, 4) is 0 Å². The average Bonchev–Trinajstić information content (AvgIpc) is 3.45. The van der Waals surface area contributed by atoms with E-state index >= 15 is 0 Å². The molecule has 0 spiro atoms. The molecule has 172 valence electrons. The minimum absolute atomic E-state index is 0.0130. The molecule has 5 rings (SSSR count). The first-order chi connectivity index (χ1) is 15.4. The smallest absolute Gasteiger partial charge is 0.249 e. The van der Waals surface area contributed by atoms with Crippen LogP contribution in [0.4, 0.5) is 0 Å². The lowest BCUT2D eigenvalue weighted by Crippen LogP contribution is -2.51. The number of piperidine rings is 2. The Kier molecular flexibility index (Phi) is 5.47. The van der Waals surface area contributed by atoms with Gasteiger partial charge in [-0.05, 0) is 39.5 Å². The molecule has 2 saturated heterocycles. The maximum absolute atomic E-state index is 13.0. The van der Waals surface area contributed by atoms with E-state index in [1.54, 1.807) is 12.2 Å². The van der Waals surface area contributed by atoms with Crippen LogP contribution in [0, 0.1) is 0 Å². The summed E-state index contributed by atoms with van der Waals surface area (Å²) in [6, 6.07) is 0.679. The van der Waals surface area contributed by atoms with E-state index in [1.165, 1.54) is 0 Å². The molecule has 8 nitrogen and oxygen atoms in total. The zero-order valence-electron chi connectivity index (χ0n) is 19.0. The van der Waals surface area contributed by atoms with Gasteiger partial charge < -0.3 is 24.9 Å². The van der Waals surface area contributed by atoms with Gasteiger partial charge in [-0.2, -0.15) is 0 Å². The van der Waals surface area contributed by atoms with Crippen molar-refractivity contribution in [1.82, 2.24) is 24.9 Å². The van der Waals surface area contributed by atoms with Crippen molar-refractivity contribution < 1.29 is 14.4 Å². The molecule has 5 aliphatic rings. The van der Waals surface area contributed by atoms with Gasteiger partial charge in [0.1, 0.15) is 0 Å². The number of carbonyl (C=O) groups excluding carboxylic acids is 3. The Labute approximate surface area is 189 Å². The fraction of sp³-hybridized carbons (Fsp3) is 0.625. The van der Waals surface area contributed by atoms with Crippen LogP contribution in [0.15, 0.2) is 35.7 Å². The van der Waals surface area contributed by atoms with Crippen LogP contribution in [-0.2, 0) is 14.4 Å². The summed E-state index contributed by atoms with van der Waals surface area (Å²) in [6.45, 7) is 8.40. The maximum Gasteiger partial charge on any atom is 0.249 e. The molecule has 8 heteroatoms. The number of amides is 3. The first-order valence-electron chi connectivity index (χ1n) is 12.0. The molecule has 0 aromatic carbocycles. The van der Waals surface area contributed by atoms with E-state index in [2.05, 4.69) is 26.9 Å². The van der Waals surface area contributed by atoms with Crippen LogP contribution in [0.2, 0.25) is 0 Å². The third kappa shape index (κ3) is 3.69. The summed E-state index contributed by atoms with van der Waals surface area (Å²) in [5, 5.41) is 2.93. The fourth-order valence-electron chi connectivity index (χ4n) is 6.08. The molecule has 0 saturated carbocycles. The third-order valence-corrected chi connectivity index (χ3v) is 7.79. The summed E-state index contributed by atoms with van der Waals surface area (Å²) in [5.74, 6) is 0.241. The number of likely N-dealkylation sites (tertiary alicyclic amines) is 2. The average molecular weight is 440 g/mol. The van der Waals surface area contributed by atoms with Gasteiger partial charge in [-0.3, -0.25) is 14.4 Å². The lowest BCUT2D eigenvalue weighted by molar-refractivity contribution is -0.129. The minimum Gasteiger partial charge on any atom is -0.373 e. The van der Waals surface area contributed by atoms with Gasteiger partial charge >= 0.3 is 0 Å². The highest BCUT2D eigenvalue weighted by Crippen LogP contribution is 2.32. The second kappa shape index (κ2) is 8.30. The van der Waals surface area contributed by atoms with Crippen LogP contribution in [0.3, 0.4) is 0 Å². The number of rotatable bonds is 4. The van der Waals surface area contributed by atoms with Gasteiger partial charge in [0.2, 0.25) is 17.7 Å². The number of carbonyl (C=O) groups is 3. The lowest BCUT2D eigenvalue weighted by Gasteiger charge is -2.43. The number of nitrogens with one attached hydrogen (secondary N) is 1. The van der Waals surface area contributed by atoms with Gasteiger partial charge in [0, 0.05) is 74.4 Å². The topological polar surface area (TPSA) is 76.2 Å². The molecule has 3 amide bonds. The summed E-state index contributed by atoms with van der Waals surface area (Å²) in [6.07, 6.45) is 10.9. The van der Waals surface area contributed by atoms with Gasteiger partial charge in [0.05, 0.1) is 12.1 Å². The summed E-state index contributed by atoms with van der Waals surface area (Å²) in [7, 11) is 0. The molecule has 0 unspecified atom stereocenters. The number of hydrogen-bond donors (Lipinski definition) is 1. The largest absolute Gasteiger partial charge is 0.373 e. The van der Waals surface area contributed by atoms with Gasteiger partial charge in [-0.1, -0.05) is 6.08 Å². The van der Waals surface area contributed by atoms with Crippen LogP contribution in [-0.4, -0.2) is 94.2 Å². The van der Waals surface area contributed by atoms with Crippen molar-refractivity contribution in [2.75, 3.05) is 32.7 Å².